The van der Waals surface area contributed by atoms with E-state index in [0.717, 1.165) is 11.8 Å². The minimum atomic E-state index is -4.02. The first kappa shape index (κ1) is 24.3. The molecule has 0 unspecified atom stereocenters. The zero-order valence-corrected chi connectivity index (χ0v) is 17.0. The van der Waals surface area contributed by atoms with Gasteiger partial charge in [0.15, 0.2) is 0 Å². The largest absolute Gasteiger partial charge is 0.367 e. The van der Waals surface area contributed by atoms with Crippen LogP contribution in [0.15, 0.2) is 46.4 Å². The molecule has 156 valence electrons. The van der Waals surface area contributed by atoms with E-state index >= 15 is 0 Å². The molecule has 14 heteroatoms. The lowest BCUT2D eigenvalue weighted by atomic mass is 10.2. The van der Waals surface area contributed by atoms with Gasteiger partial charge in [-0.2, -0.15) is 13.5 Å². The lowest BCUT2D eigenvalue weighted by Crippen LogP contribution is -2.28. The maximum absolute atomic E-state index is 10.8. The van der Waals surface area contributed by atoms with Crippen molar-refractivity contribution in [1.82, 2.24) is 5.17 Å². The number of nitro benzene ring substituents is 1. The zero-order valence-electron chi connectivity index (χ0n) is 14.7. The van der Waals surface area contributed by atoms with Gasteiger partial charge in [0.2, 0.25) is 5.96 Å². The molecule has 11 nitrogen and oxygen atoms in total. The van der Waals surface area contributed by atoms with Crippen molar-refractivity contribution in [2.75, 3.05) is 0 Å². The highest BCUT2D eigenvalue weighted by Crippen LogP contribution is 2.32. The highest BCUT2D eigenvalue weighted by molar-refractivity contribution is 7.85. The third-order valence-electron chi connectivity index (χ3n) is 3.13. The van der Waals surface area contributed by atoms with E-state index in [4.69, 9.17) is 44.1 Å². The van der Waals surface area contributed by atoms with Gasteiger partial charge in [-0.25, -0.2) is 0 Å². The van der Waals surface area contributed by atoms with Crippen LogP contribution in [0.5, 0.6) is 0 Å². The Kier molecular flexibility index (Phi) is 8.48. The van der Waals surface area contributed by atoms with Crippen LogP contribution in [-0.4, -0.2) is 40.4 Å². The van der Waals surface area contributed by atoms with Gasteiger partial charge < -0.3 is 5.73 Å². The summed E-state index contributed by atoms with van der Waals surface area (Å²) >= 11 is 11.4. The third-order valence-corrected chi connectivity index (χ3v) is 4.63. The fraction of sp³-hybridized carbons (Fsp3) is 0.0667. The van der Waals surface area contributed by atoms with Gasteiger partial charge >= 0.3 is 0 Å². The molecule has 0 spiro atoms. The number of hydrogen-bond donors (Lipinski definition) is 4. The monoisotopic (exact) mass is 463 g/mol. The summed E-state index contributed by atoms with van der Waals surface area (Å²) < 4.78 is 29.6. The number of benzene rings is 2. The van der Waals surface area contributed by atoms with Gasteiger partial charge in [-0.1, -0.05) is 40.9 Å². The SMILES string of the molecule is Cc1ccc(S(=O)(=O)O)cc1.N=C(N)N(O)N=Cc1c(Cl)ccc(Cl)c1[N+](=O)[O-]. The molecule has 0 saturated carbocycles. The van der Waals surface area contributed by atoms with Crippen LogP contribution in [0.4, 0.5) is 5.69 Å². The van der Waals surface area contributed by atoms with Crippen LogP contribution in [-0.2, 0) is 10.1 Å². The summed E-state index contributed by atoms with van der Waals surface area (Å²) in [6.45, 7) is 1.84. The summed E-state index contributed by atoms with van der Waals surface area (Å²) in [6.07, 6.45) is 0.883. The molecule has 0 saturated heterocycles. The standard InChI is InChI=1S/C8H7Cl2N5O3.C7H8O3S/c9-5-1-2-6(10)7(15(17)18)4(5)3-13-14(16)8(11)12;1-6-2-4-7(5-3-6)11(8,9)10/h1-3,16H,(H3,11,12);2-5H,1H3,(H,8,9,10). The summed E-state index contributed by atoms with van der Waals surface area (Å²) in [5.41, 5.74) is 5.32. The lowest BCUT2D eigenvalue weighted by molar-refractivity contribution is -0.384. The lowest BCUT2D eigenvalue weighted by Gasteiger charge is -2.06. The van der Waals surface area contributed by atoms with Crippen LogP contribution in [0.1, 0.15) is 11.1 Å². The fourth-order valence-corrected chi connectivity index (χ4v) is 2.67. The number of halogens is 2. The van der Waals surface area contributed by atoms with E-state index in [1.165, 1.54) is 24.3 Å². The summed E-state index contributed by atoms with van der Waals surface area (Å²) in [6, 6.07) is 8.59. The number of aryl methyl sites for hydroxylation is 1. The van der Waals surface area contributed by atoms with Crippen LogP contribution in [0.2, 0.25) is 10.0 Å². The molecule has 5 N–H and O–H groups in total. The second-order valence-corrected chi connectivity index (χ2v) is 7.49. The van der Waals surface area contributed by atoms with Gasteiger partial charge in [0.1, 0.15) is 5.02 Å². The van der Waals surface area contributed by atoms with Crippen LogP contribution >= 0.6 is 23.2 Å². The average Bonchev–Trinajstić information content (AvgIpc) is 2.61. The van der Waals surface area contributed by atoms with E-state index in [-0.39, 0.29) is 25.7 Å². The van der Waals surface area contributed by atoms with Crippen molar-refractivity contribution < 1.29 is 23.1 Å². The quantitative estimate of drug-likeness (QED) is 0.175. The van der Waals surface area contributed by atoms with E-state index in [1.807, 2.05) is 6.92 Å². The molecule has 2 aromatic carbocycles. The molecule has 0 atom stereocenters. The summed E-state index contributed by atoms with van der Waals surface area (Å²) in [7, 11) is -4.02. The van der Waals surface area contributed by atoms with Gasteiger partial charge in [-0.15, -0.1) is 5.17 Å². The van der Waals surface area contributed by atoms with Crippen LogP contribution < -0.4 is 5.73 Å². The minimum absolute atomic E-state index is 0.0202. The van der Waals surface area contributed by atoms with Gasteiger partial charge in [0, 0.05) is 0 Å². The van der Waals surface area contributed by atoms with Gasteiger partial charge in [-0.05, 0) is 31.2 Å². The molecule has 0 fully saturated rings. The third kappa shape index (κ3) is 7.29. The molecule has 0 radical (unpaired) electrons. The molecule has 0 amide bonds. The number of hydrogen-bond acceptors (Lipinski definition) is 7. The molecule has 0 heterocycles. The summed E-state index contributed by atoms with van der Waals surface area (Å²) in [5, 5.41) is 29.9. The normalized spacial score (nSPS) is 10.9. The zero-order chi connectivity index (χ0) is 22.4. The Balaban J connectivity index is 0.000000326. The van der Waals surface area contributed by atoms with Crippen molar-refractivity contribution in [3.8, 4) is 0 Å². The number of hydrazone groups is 1. The Morgan fingerprint density at radius 2 is 1.76 bits per heavy atom. The van der Waals surface area contributed by atoms with E-state index in [0.29, 0.717) is 0 Å². The van der Waals surface area contributed by atoms with Crippen molar-refractivity contribution in [3.05, 3.63) is 67.7 Å². The number of nitro groups is 1. The van der Waals surface area contributed by atoms with E-state index in [1.54, 1.807) is 12.1 Å². The van der Waals surface area contributed by atoms with Crippen LogP contribution in [0, 0.1) is 22.4 Å². The van der Waals surface area contributed by atoms with E-state index in [2.05, 4.69) is 5.10 Å². The average molecular weight is 464 g/mol. The fourth-order valence-electron chi connectivity index (χ4n) is 1.75. The predicted octanol–water partition coefficient (Wildman–Crippen LogP) is 3.06. The van der Waals surface area contributed by atoms with Crippen molar-refractivity contribution in [2.24, 2.45) is 10.8 Å². The maximum atomic E-state index is 10.8. The van der Waals surface area contributed by atoms with Crippen LogP contribution in [0.25, 0.3) is 0 Å². The van der Waals surface area contributed by atoms with Crippen LogP contribution in [0.3, 0.4) is 0 Å². The molecule has 0 aliphatic heterocycles. The molecule has 0 aromatic heterocycles. The molecule has 0 aliphatic carbocycles. The molecule has 2 rings (SSSR count). The Morgan fingerprint density at radius 1 is 1.24 bits per heavy atom. The number of nitrogens with one attached hydrogen (secondary N) is 1. The summed E-state index contributed by atoms with van der Waals surface area (Å²) in [5.74, 6) is -0.757. The van der Waals surface area contributed by atoms with Gasteiger partial charge in [0.25, 0.3) is 15.8 Å². The number of rotatable bonds is 4. The Morgan fingerprint density at radius 3 is 2.21 bits per heavy atom. The van der Waals surface area contributed by atoms with Gasteiger partial charge in [-0.3, -0.25) is 25.3 Å². The topological polar surface area (TPSA) is 183 Å². The molecule has 29 heavy (non-hydrogen) atoms. The first-order valence-electron chi connectivity index (χ1n) is 7.38. The van der Waals surface area contributed by atoms with E-state index < -0.39 is 26.7 Å². The first-order valence-corrected chi connectivity index (χ1v) is 9.57. The van der Waals surface area contributed by atoms with Gasteiger partial charge in [0.05, 0.1) is 26.6 Å². The maximum Gasteiger partial charge on any atom is 0.298 e. The molecule has 0 bridgehead atoms. The van der Waals surface area contributed by atoms with Crippen molar-refractivity contribution >= 4 is 51.2 Å². The number of guanidine groups is 1. The smallest absolute Gasteiger partial charge is 0.298 e. The second kappa shape index (κ2) is 10.1. The van der Waals surface area contributed by atoms with Crippen molar-refractivity contribution in [1.29, 1.82) is 5.41 Å². The first-order chi connectivity index (χ1) is 13.3. The molecule has 0 aliphatic rings. The predicted molar refractivity (Wildman–Crippen MR) is 107 cm³/mol. The Bertz CT molecular complexity index is 1040. The Hall–Kier alpha value is -2.77. The van der Waals surface area contributed by atoms with Crippen molar-refractivity contribution in [2.45, 2.75) is 11.8 Å². The van der Waals surface area contributed by atoms with E-state index in [9.17, 15) is 18.5 Å². The highest BCUT2D eigenvalue weighted by atomic mass is 35.5. The number of hydroxylamine groups is 1. The Labute approximate surface area is 175 Å². The highest BCUT2D eigenvalue weighted by Gasteiger charge is 2.20. The summed E-state index contributed by atoms with van der Waals surface area (Å²) in [4.78, 5) is 10.0. The molecule has 2 aromatic rings. The number of nitrogens with zero attached hydrogens (tertiary/aromatic N) is 3. The minimum Gasteiger partial charge on any atom is -0.367 e. The number of nitrogens with two attached hydrogens (primary N) is 1. The molecular formula is C15H15Cl2N5O6S. The molecular weight excluding hydrogens is 449 g/mol. The van der Waals surface area contributed by atoms with Crippen molar-refractivity contribution in [3.63, 3.8) is 0 Å². The second-order valence-electron chi connectivity index (χ2n) is 5.26.